The van der Waals surface area contributed by atoms with Gasteiger partial charge in [0.25, 0.3) is 0 Å². The highest BCUT2D eigenvalue weighted by atomic mass is 35.5. The van der Waals surface area contributed by atoms with Crippen LogP contribution in [0.4, 0.5) is 5.69 Å². The van der Waals surface area contributed by atoms with Crippen LogP contribution in [0.1, 0.15) is 16.5 Å². The van der Waals surface area contributed by atoms with E-state index in [1.807, 2.05) is 5.38 Å². The van der Waals surface area contributed by atoms with Gasteiger partial charge in [0.15, 0.2) is 0 Å². The van der Waals surface area contributed by atoms with E-state index >= 15 is 0 Å². The summed E-state index contributed by atoms with van der Waals surface area (Å²) in [4.78, 5) is 0.690. The van der Waals surface area contributed by atoms with Crippen molar-refractivity contribution in [3.8, 4) is 0 Å². The summed E-state index contributed by atoms with van der Waals surface area (Å²) in [6.45, 7) is 0. The molecule has 0 bridgehead atoms. The lowest BCUT2D eigenvalue weighted by Gasteiger charge is -2.12. The maximum atomic E-state index is 10.1. The molecule has 1 atom stereocenters. The van der Waals surface area contributed by atoms with E-state index in [1.54, 1.807) is 24.3 Å². The lowest BCUT2D eigenvalue weighted by Crippen LogP contribution is -2.02. The maximum Gasteiger partial charge on any atom is 0.117 e. The average molecular weight is 274 g/mol. The second kappa shape index (κ2) is 4.63. The molecule has 1 heterocycles. The Kier molecular flexibility index (Phi) is 3.40. The summed E-state index contributed by atoms with van der Waals surface area (Å²) in [7, 11) is 0. The fourth-order valence-electron chi connectivity index (χ4n) is 1.44. The summed E-state index contributed by atoms with van der Waals surface area (Å²) in [6, 6.07) is 6.76. The molecule has 3 N–H and O–H groups in total. The van der Waals surface area contributed by atoms with E-state index in [0.717, 1.165) is 0 Å². The number of aliphatic hydroxyl groups excluding tert-OH is 1. The SMILES string of the molecule is Nc1cc(Cl)ccc1C(O)c1sccc1Cl. The third kappa shape index (κ3) is 2.18. The van der Waals surface area contributed by atoms with Gasteiger partial charge >= 0.3 is 0 Å². The fourth-order valence-corrected chi connectivity index (χ4v) is 2.78. The summed E-state index contributed by atoms with van der Waals surface area (Å²) < 4.78 is 0. The number of halogens is 2. The van der Waals surface area contributed by atoms with Crippen LogP contribution < -0.4 is 5.73 Å². The van der Waals surface area contributed by atoms with Crippen LogP contribution in [0, 0.1) is 0 Å². The number of hydrogen-bond donors (Lipinski definition) is 2. The van der Waals surface area contributed by atoms with Crippen molar-refractivity contribution in [3.63, 3.8) is 0 Å². The van der Waals surface area contributed by atoms with Crippen LogP contribution in [-0.2, 0) is 0 Å². The molecule has 0 aliphatic heterocycles. The molecule has 1 unspecified atom stereocenters. The lowest BCUT2D eigenvalue weighted by molar-refractivity contribution is 0.225. The van der Waals surface area contributed by atoms with E-state index in [0.29, 0.717) is 26.2 Å². The molecule has 2 rings (SSSR count). The molecule has 1 aromatic carbocycles. The molecule has 16 heavy (non-hydrogen) atoms. The number of anilines is 1. The van der Waals surface area contributed by atoms with Crippen molar-refractivity contribution in [2.24, 2.45) is 0 Å². The Balaban J connectivity index is 2.41. The van der Waals surface area contributed by atoms with Crippen LogP contribution in [-0.4, -0.2) is 5.11 Å². The predicted octanol–water partition coefficient (Wildman–Crippen LogP) is 3.72. The van der Waals surface area contributed by atoms with E-state index in [4.69, 9.17) is 28.9 Å². The number of nitrogen functional groups attached to an aromatic ring is 1. The van der Waals surface area contributed by atoms with E-state index < -0.39 is 6.10 Å². The highest BCUT2D eigenvalue weighted by Gasteiger charge is 2.17. The van der Waals surface area contributed by atoms with E-state index in [1.165, 1.54) is 11.3 Å². The zero-order valence-corrected chi connectivity index (χ0v) is 10.5. The minimum Gasteiger partial charge on any atom is -0.398 e. The van der Waals surface area contributed by atoms with Gasteiger partial charge in [-0.3, -0.25) is 0 Å². The summed E-state index contributed by atoms with van der Waals surface area (Å²) in [5.41, 5.74) is 6.88. The Morgan fingerprint density at radius 1 is 1.25 bits per heavy atom. The molecule has 0 spiro atoms. The Bertz CT molecular complexity index is 512. The Hall–Kier alpha value is -0.740. The van der Waals surface area contributed by atoms with Gasteiger partial charge in [-0.2, -0.15) is 0 Å². The van der Waals surface area contributed by atoms with Gasteiger partial charge in [0.2, 0.25) is 0 Å². The summed E-state index contributed by atoms with van der Waals surface area (Å²) in [6.07, 6.45) is -0.801. The monoisotopic (exact) mass is 273 g/mol. The van der Waals surface area contributed by atoms with Gasteiger partial charge in [-0.15, -0.1) is 11.3 Å². The Morgan fingerprint density at radius 2 is 2.00 bits per heavy atom. The van der Waals surface area contributed by atoms with Crippen LogP contribution in [0.15, 0.2) is 29.6 Å². The zero-order valence-electron chi connectivity index (χ0n) is 8.15. The van der Waals surface area contributed by atoms with Crippen molar-refractivity contribution in [2.45, 2.75) is 6.10 Å². The standard InChI is InChI=1S/C11H9Cl2NOS/c12-6-1-2-7(9(14)5-6)10(15)11-8(13)3-4-16-11/h1-5,10,15H,14H2. The van der Waals surface area contributed by atoms with Gasteiger partial charge in [-0.1, -0.05) is 29.3 Å². The fraction of sp³-hybridized carbons (Fsp3) is 0.0909. The summed E-state index contributed by atoms with van der Waals surface area (Å²) in [5.74, 6) is 0. The number of thiophene rings is 1. The quantitative estimate of drug-likeness (QED) is 0.820. The highest BCUT2D eigenvalue weighted by molar-refractivity contribution is 7.10. The number of rotatable bonds is 2. The molecule has 0 aliphatic carbocycles. The maximum absolute atomic E-state index is 10.1. The van der Waals surface area contributed by atoms with Crippen LogP contribution in [0.2, 0.25) is 10.0 Å². The minimum atomic E-state index is -0.801. The zero-order chi connectivity index (χ0) is 11.7. The molecule has 1 aromatic heterocycles. The first-order valence-electron chi connectivity index (χ1n) is 4.55. The van der Waals surface area contributed by atoms with Crippen molar-refractivity contribution < 1.29 is 5.11 Å². The van der Waals surface area contributed by atoms with Gasteiger partial charge in [-0.25, -0.2) is 0 Å². The lowest BCUT2D eigenvalue weighted by atomic mass is 10.1. The van der Waals surface area contributed by atoms with Crippen molar-refractivity contribution in [3.05, 3.63) is 50.1 Å². The first kappa shape index (κ1) is 11.7. The second-order valence-electron chi connectivity index (χ2n) is 3.31. The Labute approximate surface area is 107 Å². The molecule has 2 nitrogen and oxygen atoms in total. The molecule has 0 aliphatic rings. The third-order valence-electron chi connectivity index (χ3n) is 2.24. The van der Waals surface area contributed by atoms with Gasteiger partial charge in [-0.05, 0) is 23.6 Å². The van der Waals surface area contributed by atoms with Gasteiger partial charge in [0.1, 0.15) is 6.10 Å². The summed E-state index contributed by atoms with van der Waals surface area (Å²) in [5, 5.41) is 13.1. The van der Waals surface area contributed by atoms with Crippen LogP contribution in [0.5, 0.6) is 0 Å². The molecule has 0 fully saturated rings. The Morgan fingerprint density at radius 3 is 2.56 bits per heavy atom. The average Bonchev–Trinajstić information content (AvgIpc) is 2.63. The van der Waals surface area contributed by atoms with E-state index in [9.17, 15) is 5.11 Å². The van der Waals surface area contributed by atoms with Gasteiger partial charge in [0.05, 0.1) is 9.90 Å². The largest absolute Gasteiger partial charge is 0.398 e. The van der Waals surface area contributed by atoms with Gasteiger partial charge < -0.3 is 10.8 Å². The molecule has 0 amide bonds. The van der Waals surface area contributed by atoms with Crippen LogP contribution in [0.3, 0.4) is 0 Å². The van der Waals surface area contributed by atoms with Crippen molar-refractivity contribution >= 4 is 40.2 Å². The molecular weight excluding hydrogens is 265 g/mol. The minimum absolute atomic E-state index is 0.462. The summed E-state index contributed by atoms with van der Waals surface area (Å²) >= 11 is 13.1. The normalized spacial score (nSPS) is 12.7. The molecular formula is C11H9Cl2NOS. The number of nitrogens with two attached hydrogens (primary N) is 1. The number of hydrogen-bond acceptors (Lipinski definition) is 3. The highest BCUT2D eigenvalue weighted by Crippen LogP contribution is 2.35. The first-order valence-corrected chi connectivity index (χ1v) is 6.19. The predicted molar refractivity (Wildman–Crippen MR) is 69.3 cm³/mol. The molecule has 2 aromatic rings. The third-order valence-corrected chi connectivity index (χ3v) is 3.88. The molecule has 5 heteroatoms. The van der Waals surface area contributed by atoms with Gasteiger partial charge in [0, 0.05) is 16.3 Å². The van der Waals surface area contributed by atoms with Crippen molar-refractivity contribution in [1.82, 2.24) is 0 Å². The topological polar surface area (TPSA) is 46.2 Å². The first-order chi connectivity index (χ1) is 7.59. The molecule has 0 saturated heterocycles. The smallest absolute Gasteiger partial charge is 0.117 e. The van der Waals surface area contributed by atoms with Crippen molar-refractivity contribution in [2.75, 3.05) is 5.73 Å². The number of aliphatic hydroxyl groups is 1. The molecule has 0 saturated carbocycles. The van der Waals surface area contributed by atoms with Crippen LogP contribution in [0.25, 0.3) is 0 Å². The second-order valence-corrected chi connectivity index (χ2v) is 5.10. The van der Waals surface area contributed by atoms with Crippen LogP contribution >= 0.6 is 34.5 Å². The molecule has 0 radical (unpaired) electrons. The molecule has 84 valence electrons. The van der Waals surface area contributed by atoms with E-state index in [2.05, 4.69) is 0 Å². The van der Waals surface area contributed by atoms with E-state index in [-0.39, 0.29) is 0 Å². The van der Waals surface area contributed by atoms with Crippen molar-refractivity contribution in [1.29, 1.82) is 0 Å². The number of benzene rings is 1.